The first-order chi connectivity index (χ1) is 11.4. The van der Waals surface area contributed by atoms with Gasteiger partial charge in [-0.15, -0.1) is 0 Å². The van der Waals surface area contributed by atoms with Crippen LogP contribution in [-0.2, 0) is 4.74 Å². The van der Waals surface area contributed by atoms with Crippen LogP contribution < -0.4 is 0 Å². The highest BCUT2D eigenvalue weighted by Crippen LogP contribution is 2.26. The SMILES string of the molecule is CC[C@@H](OC(=O)c1ccc(Br)c([N+](=O)[O-])c1)C(=O)c1ccccc1. The smallest absolute Gasteiger partial charge is 0.339 e. The summed E-state index contributed by atoms with van der Waals surface area (Å²) in [6.45, 7) is 1.73. The summed E-state index contributed by atoms with van der Waals surface area (Å²) in [5.74, 6) is -1.08. The fourth-order valence-corrected chi connectivity index (χ4v) is 2.48. The van der Waals surface area contributed by atoms with E-state index in [1.54, 1.807) is 37.3 Å². The number of nitrogens with zero attached hydrogens (tertiary/aromatic N) is 1. The van der Waals surface area contributed by atoms with Gasteiger partial charge in [-0.1, -0.05) is 37.3 Å². The molecule has 0 unspecified atom stereocenters. The number of Topliss-reactive ketones (excluding diaryl/α,β-unsaturated/α-hetero) is 1. The Morgan fingerprint density at radius 1 is 1.17 bits per heavy atom. The van der Waals surface area contributed by atoms with Crippen molar-refractivity contribution in [2.75, 3.05) is 0 Å². The van der Waals surface area contributed by atoms with Gasteiger partial charge in [0.2, 0.25) is 5.78 Å². The van der Waals surface area contributed by atoms with E-state index in [1.165, 1.54) is 12.1 Å². The van der Waals surface area contributed by atoms with Crippen molar-refractivity contribution in [2.24, 2.45) is 0 Å². The van der Waals surface area contributed by atoms with E-state index >= 15 is 0 Å². The Balaban J connectivity index is 2.19. The highest BCUT2D eigenvalue weighted by atomic mass is 79.9. The molecule has 0 saturated carbocycles. The van der Waals surface area contributed by atoms with E-state index in [9.17, 15) is 19.7 Å². The summed E-state index contributed by atoms with van der Waals surface area (Å²) in [6.07, 6.45) is -0.638. The highest BCUT2D eigenvalue weighted by Gasteiger charge is 2.24. The molecule has 6 nitrogen and oxygen atoms in total. The Bertz CT molecular complexity index is 776. The molecule has 0 aliphatic heterocycles. The van der Waals surface area contributed by atoms with Crippen molar-refractivity contribution in [3.8, 4) is 0 Å². The van der Waals surface area contributed by atoms with Crippen molar-refractivity contribution in [1.29, 1.82) is 0 Å². The third-order valence-corrected chi connectivity index (χ3v) is 4.02. The minimum atomic E-state index is -0.942. The van der Waals surface area contributed by atoms with Crippen LogP contribution in [0, 0.1) is 10.1 Å². The lowest BCUT2D eigenvalue weighted by Crippen LogP contribution is -2.26. The van der Waals surface area contributed by atoms with Gasteiger partial charge < -0.3 is 4.74 Å². The standard InChI is InChI=1S/C17H14BrNO5/c1-2-15(16(20)11-6-4-3-5-7-11)24-17(21)12-8-9-13(18)14(10-12)19(22)23/h3-10,15H,2H2,1H3/t15-/m1/s1. The Kier molecular flexibility index (Phi) is 5.81. The van der Waals surface area contributed by atoms with Gasteiger partial charge in [0.1, 0.15) is 0 Å². The number of benzene rings is 2. The highest BCUT2D eigenvalue weighted by molar-refractivity contribution is 9.10. The van der Waals surface area contributed by atoms with Crippen LogP contribution in [-0.4, -0.2) is 22.8 Å². The van der Waals surface area contributed by atoms with E-state index in [0.29, 0.717) is 12.0 Å². The van der Waals surface area contributed by atoms with Gasteiger partial charge in [0.15, 0.2) is 6.10 Å². The number of hydrogen-bond donors (Lipinski definition) is 0. The molecule has 0 amide bonds. The number of ketones is 1. The summed E-state index contributed by atoms with van der Waals surface area (Å²) in [5.41, 5.74) is 0.218. The average molecular weight is 392 g/mol. The maximum Gasteiger partial charge on any atom is 0.339 e. The van der Waals surface area contributed by atoms with Gasteiger partial charge in [0.25, 0.3) is 5.69 Å². The molecule has 0 saturated heterocycles. The lowest BCUT2D eigenvalue weighted by atomic mass is 10.0. The predicted octanol–water partition coefficient (Wildman–Crippen LogP) is 4.18. The zero-order valence-electron chi connectivity index (χ0n) is 12.8. The van der Waals surface area contributed by atoms with Crippen LogP contribution in [0.3, 0.4) is 0 Å². The van der Waals surface area contributed by atoms with E-state index in [1.807, 2.05) is 0 Å². The van der Waals surface area contributed by atoms with E-state index in [2.05, 4.69) is 15.9 Å². The molecular weight excluding hydrogens is 378 g/mol. The van der Waals surface area contributed by atoms with Gasteiger partial charge >= 0.3 is 5.97 Å². The molecular formula is C17H14BrNO5. The van der Waals surface area contributed by atoms with Crippen molar-refractivity contribution in [1.82, 2.24) is 0 Å². The van der Waals surface area contributed by atoms with Crippen molar-refractivity contribution >= 4 is 33.4 Å². The van der Waals surface area contributed by atoms with E-state index in [0.717, 1.165) is 6.07 Å². The van der Waals surface area contributed by atoms with Crippen LogP contribution in [0.5, 0.6) is 0 Å². The molecule has 2 aromatic carbocycles. The van der Waals surface area contributed by atoms with Crippen molar-refractivity contribution < 1.29 is 19.2 Å². The van der Waals surface area contributed by atoms with Crippen LogP contribution in [0.2, 0.25) is 0 Å². The van der Waals surface area contributed by atoms with E-state index in [-0.39, 0.29) is 21.5 Å². The largest absolute Gasteiger partial charge is 0.450 e. The zero-order chi connectivity index (χ0) is 17.7. The molecule has 0 radical (unpaired) electrons. The molecule has 1 atom stereocenters. The quantitative estimate of drug-likeness (QED) is 0.319. The molecule has 2 rings (SSSR count). The van der Waals surface area contributed by atoms with Gasteiger partial charge in [0.05, 0.1) is 15.0 Å². The molecule has 7 heteroatoms. The number of ether oxygens (including phenoxy) is 1. The maximum atomic E-state index is 12.4. The molecule has 0 N–H and O–H groups in total. The molecule has 0 aromatic heterocycles. The number of carbonyl (C=O) groups is 2. The van der Waals surface area contributed by atoms with Crippen molar-refractivity contribution in [3.63, 3.8) is 0 Å². The first-order valence-corrected chi connectivity index (χ1v) is 7.97. The molecule has 0 bridgehead atoms. The summed E-state index contributed by atoms with van der Waals surface area (Å²) in [6, 6.07) is 12.4. The van der Waals surface area contributed by atoms with Gasteiger partial charge in [0, 0.05) is 11.6 Å². The second-order valence-corrected chi connectivity index (χ2v) is 5.81. The number of esters is 1. The van der Waals surface area contributed by atoms with E-state index in [4.69, 9.17) is 4.74 Å². The second-order valence-electron chi connectivity index (χ2n) is 4.96. The topological polar surface area (TPSA) is 86.5 Å². The molecule has 0 fully saturated rings. The van der Waals surface area contributed by atoms with Gasteiger partial charge in [-0.3, -0.25) is 14.9 Å². The lowest BCUT2D eigenvalue weighted by molar-refractivity contribution is -0.385. The number of nitro groups is 1. The fourth-order valence-electron chi connectivity index (χ4n) is 2.09. The van der Waals surface area contributed by atoms with Crippen molar-refractivity contribution in [2.45, 2.75) is 19.4 Å². The Hall–Kier alpha value is -2.54. The van der Waals surface area contributed by atoms with Gasteiger partial charge in [-0.2, -0.15) is 0 Å². The first kappa shape index (κ1) is 17.8. The predicted molar refractivity (Wildman–Crippen MR) is 91.1 cm³/mol. The molecule has 24 heavy (non-hydrogen) atoms. The van der Waals surface area contributed by atoms with Crippen LogP contribution in [0.4, 0.5) is 5.69 Å². The minimum Gasteiger partial charge on any atom is -0.450 e. The lowest BCUT2D eigenvalue weighted by Gasteiger charge is -2.15. The van der Waals surface area contributed by atoms with Crippen LogP contribution >= 0.6 is 15.9 Å². The van der Waals surface area contributed by atoms with Crippen LogP contribution in [0.1, 0.15) is 34.1 Å². The van der Waals surface area contributed by atoms with E-state index < -0.39 is 17.0 Å². The minimum absolute atomic E-state index is 0.0178. The summed E-state index contributed by atoms with van der Waals surface area (Å²) in [4.78, 5) is 34.9. The van der Waals surface area contributed by atoms with Gasteiger partial charge in [-0.05, 0) is 34.5 Å². The first-order valence-electron chi connectivity index (χ1n) is 7.18. The Labute approximate surface area is 146 Å². The molecule has 124 valence electrons. The van der Waals surface area contributed by atoms with Crippen LogP contribution in [0.25, 0.3) is 0 Å². The number of hydrogen-bond acceptors (Lipinski definition) is 5. The number of rotatable bonds is 6. The monoisotopic (exact) mass is 391 g/mol. The Morgan fingerprint density at radius 3 is 2.42 bits per heavy atom. The summed E-state index contributed by atoms with van der Waals surface area (Å²) >= 11 is 3.05. The molecule has 0 aliphatic carbocycles. The summed E-state index contributed by atoms with van der Waals surface area (Å²) in [5, 5.41) is 10.9. The number of nitro benzene ring substituents is 1. The maximum absolute atomic E-state index is 12.4. The fraction of sp³-hybridized carbons (Fsp3) is 0.176. The van der Waals surface area contributed by atoms with Gasteiger partial charge in [-0.25, -0.2) is 4.79 Å². The molecule has 0 spiro atoms. The third kappa shape index (κ3) is 4.05. The number of carbonyl (C=O) groups excluding carboxylic acids is 2. The summed E-state index contributed by atoms with van der Waals surface area (Å²) in [7, 11) is 0. The second kappa shape index (κ2) is 7.83. The third-order valence-electron chi connectivity index (χ3n) is 3.35. The summed E-state index contributed by atoms with van der Waals surface area (Å²) < 4.78 is 5.51. The normalized spacial score (nSPS) is 11.6. The molecule has 0 heterocycles. The average Bonchev–Trinajstić information content (AvgIpc) is 2.59. The molecule has 0 aliphatic rings. The Morgan fingerprint density at radius 2 is 1.83 bits per heavy atom. The number of halogens is 1. The molecule has 2 aromatic rings. The van der Waals surface area contributed by atoms with Crippen LogP contribution in [0.15, 0.2) is 53.0 Å². The zero-order valence-corrected chi connectivity index (χ0v) is 14.4. The van der Waals surface area contributed by atoms with Crippen molar-refractivity contribution in [3.05, 3.63) is 74.2 Å².